The summed E-state index contributed by atoms with van der Waals surface area (Å²) in [6, 6.07) is 2.00. The van der Waals surface area contributed by atoms with Crippen LogP contribution >= 0.6 is 0 Å². The highest BCUT2D eigenvalue weighted by atomic mass is 16.2. The Morgan fingerprint density at radius 2 is 2.07 bits per heavy atom. The predicted octanol–water partition coefficient (Wildman–Crippen LogP) is 1.33. The second-order valence-corrected chi connectivity index (χ2v) is 3.72. The van der Waals surface area contributed by atoms with Crippen LogP contribution in [0, 0.1) is 13.8 Å². The maximum absolute atomic E-state index is 11.4. The number of rotatable bonds is 2. The minimum absolute atomic E-state index is 0.110. The highest BCUT2D eigenvalue weighted by molar-refractivity contribution is 5.78. The van der Waals surface area contributed by atoms with E-state index < -0.39 is 0 Å². The van der Waals surface area contributed by atoms with Crippen molar-refractivity contribution in [2.75, 3.05) is 14.1 Å². The molecule has 3 heteroatoms. The fourth-order valence-corrected chi connectivity index (χ4v) is 1.23. The van der Waals surface area contributed by atoms with Gasteiger partial charge >= 0.3 is 0 Å². The maximum Gasteiger partial charge on any atom is 0.226 e. The van der Waals surface area contributed by atoms with Crippen LogP contribution in [0.1, 0.15) is 16.8 Å². The zero-order valence-electron chi connectivity index (χ0n) is 9.16. The van der Waals surface area contributed by atoms with Gasteiger partial charge in [0.1, 0.15) is 0 Å². The van der Waals surface area contributed by atoms with Gasteiger partial charge in [-0.05, 0) is 31.0 Å². The summed E-state index contributed by atoms with van der Waals surface area (Å²) < 4.78 is 0. The van der Waals surface area contributed by atoms with Gasteiger partial charge in [0.05, 0.1) is 6.42 Å². The lowest BCUT2D eigenvalue weighted by Gasteiger charge is -2.11. The van der Waals surface area contributed by atoms with Crippen molar-refractivity contribution in [2.45, 2.75) is 20.3 Å². The molecule has 0 saturated carbocycles. The average Bonchev–Trinajstić information content (AvgIpc) is 2.09. The number of carbonyl (C=O) groups is 1. The minimum Gasteiger partial charge on any atom is -0.349 e. The van der Waals surface area contributed by atoms with Crippen LogP contribution in [-0.2, 0) is 11.2 Å². The van der Waals surface area contributed by atoms with E-state index in [2.05, 4.69) is 4.98 Å². The SMILES string of the molecule is Cc1cc(C)c(CC(=O)N(C)C)cn1. The van der Waals surface area contributed by atoms with Crippen LogP contribution in [0.3, 0.4) is 0 Å². The lowest BCUT2D eigenvalue weighted by molar-refractivity contribution is -0.127. The molecular formula is C11H16N2O. The summed E-state index contributed by atoms with van der Waals surface area (Å²) in [6.07, 6.45) is 2.22. The topological polar surface area (TPSA) is 33.2 Å². The van der Waals surface area contributed by atoms with Crippen molar-refractivity contribution in [1.82, 2.24) is 9.88 Å². The van der Waals surface area contributed by atoms with Crippen LogP contribution in [-0.4, -0.2) is 29.9 Å². The highest BCUT2D eigenvalue weighted by Gasteiger charge is 2.07. The van der Waals surface area contributed by atoms with Crippen LogP contribution in [0.15, 0.2) is 12.3 Å². The molecule has 0 spiro atoms. The zero-order valence-corrected chi connectivity index (χ0v) is 9.16. The van der Waals surface area contributed by atoms with E-state index in [1.165, 1.54) is 0 Å². The summed E-state index contributed by atoms with van der Waals surface area (Å²) in [7, 11) is 3.53. The first-order valence-electron chi connectivity index (χ1n) is 4.63. The second-order valence-electron chi connectivity index (χ2n) is 3.72. The van der Waals surface area contributed by atoms with E-state index in [-0.39, 0.29) is 5.91 Å². The van der Waals surface area contributed by atoms with Gasteiger partial charge in [0, 0.05) is 26.0 Å². The Morgan fingerprint density at radius 3 is 2.57 bits per heavy atom. The number of carbonyl (C=O) groups excluding carboxylic acids is 1. The Kier molecular flexibility index (Phi) is 3.23. The van der Waals surface area contributed by atoms with E-state index in [0.29, 0.717) is 6.42 Å². The minimum atomic E-state index is 0.110. The number of aryl methyl sites for hydroxylation is 2. The van der Waals surface area contributed by atoms with Gasteiger partial charge in [-0.15, -0.1) is 0 Å². The standard InChI is InChI=1S/C11H16N2O/c1-8-5-9(2)12-7-10(8)6-11(14)13(3)4/h5,7H,6H2,1-4H3. The Bertz CT molecular complexity index is 345. The maximum atomic E-state index is 11.4. The number of pyridine rings is 1. The molecule has 76 valence electrons. The first-order valence-corrected chi connectivity index (χ1v) is 4.63. The molecule has 0 bridgehead atoms. The molecule has 1 aromatic heterocycles. The molecule has 0 radical (unpaired) electrons. The second kappa shape index (κ2) is 4.22. The summed E-state index contributed by atoms with van der Waals surface area (Å²) in [5.74, 6) is 0.110. The highest BCUT2D eigenvalue weighted by Crippen LogP contribution is 2.09. The van der Waals surface area contributed by atoms with E-state index in [1.54, 1.807) is 25.2 Å². The number of aromatic nitrogens is 1. The van der Waals surface area contributed by atoms with E-state index in [1.807, 2.05) is 19.9 Å². The first-order chi connectivity index (χ1) is 6.50. The molecule has 1 rings (SSSR count). The van der Waals surface area contributed by atoms with Gasteiger partial charge in [0.2, 0.25) is 5.91 Å². The van der Waals surface area contributed by atoms with Crippen LogP contribution in [0.2, 0.25) is 0 Å². The van der Waals surface area contributed by atoms with Crippen molar-refractivity contribution in [1.29, 1.82) is 0 Å². The van der Waals surface area contributed by atoms with Crippen molar-refractivity contribution < 1.29 is 4.79 Å². The van der Waals surface area contributed by atoms with Gasteiger partial charge in [-0.3, -0.25) is 9.78 Å². The molecule has 1 amide bonds. The predicted molar refractivity (Wildman–Crippen MR) is 56.1 cm³/mol. The summed E-state index contributed by atoms with van der Waals surface area (Å²) >= 11 is 0. The van der Waals surface area contributed by atoms with Gasteiger partial charge < -0.3 is 4.90 Å². The molecule has 0 aliphatic rings. The van der Waals surface area contributed by atoms with E-state index in [9.17, 15) is 4.79 Å². The van der Waals surface area contributed by atoms with Gasteiger partial charge in [0.15, 0.2) is 0 Å². The van der Waals surface area contributed by atoms with Crippen molar-refractivity contribution in [2.24, 2.45) is 0 Å². The normalized spacial score (nSPS) is 10.0. The van der Waals surface area contributed by atoms with E-state index >= 15 is 0 Å². The van der Waals surface area contributed by atoms with Crippen LogP contribution in [0.4, 0.5) is 0 Å². The summed E-state index contributed by atoms with van der Waals surface area (Å²) in [5.41, 5.74) is 3.13. The van der Waals surface area contributed by atoms with Crippen molar-refractivity contribution in [3.63, 3.8) is 0 Å². The number of amides is 1. The van der Waals surface area contributed by atoms with Crippen molar-refractivity contribution in [3.8, 4) is 0 Å². The Balaban J connectivity index is 2.82. The lowest BCUT2D eigenvalue weighted by atomic mass is 10.1. The number of hydrogen-bond donors (Lipinski definition) is 0. The van der Waals surface area contributed by atoms with Crippen molar-refractivity contribution in [3.05, 3.63) is 29.1 Å². The Labute approximate surface area is 84.8 Å². The van der Waals surface area contributed by atoms with Gasteiger partial charge in [-0.1, -0.05) is 0 Å². The van der Waals surface area contributed by atoms with E-state index in [0.717, 1.165) is 16.8 Å². The summed E-state index contributed by atoms with van der Waals surface area (Å²) in [5, 5.41) is 0. The first kappa shape index (κ1) is 10.7. The molecule has 1 heterocycles. The number of hydrogen-bond acceptors (Lipinski definition) is 2. The Morgan fingerprint density at radius 1 is 1.43 bits per heavy atom. The molecule has 0 atom stereocenters. The van der Waals surface area contributed by atoms with Crippen LogP contribution in [0.5, 0.6) is 0 Å². The quantitative estimate of drug-likeness (QED) is 0.708. The van der Waals surface area contributed by atoms with Gasteiger partial charge in [-0.2, -0.15) is 0 Å². The molecule has 14 heavy (non-hydrogen) atoms. The summed E-state index contributed by atoms with van der Waals surface area (Å²) in [4.78, 5) is 17.2. The molecule has 0 N–H and O–H groups in total. The molecule has 0 unspecified atom stereocenters. The third kappa shape index (κ3) is 2.55. The van der Waals surface area contributed by atoms with Gasteiger partial charge in [-0.25, -0.2) is 0 Å². The van der Waals surface area contributed by atoms with Gasteiger partial charge in [0.25, 0.3) is 0 Å². The Hall–Kier alpha value is -1.38. The smallest absolute Gasteiger partial charge is 0.226 e. The number of nitrogens with zero attached hydrogens (tertiary/aromatic N) is 2. The zero-order chi connectivity index (χ0) is 10.7. The largest absolute Gasteiger partial charge is 0.349 e. The fourth-order valence-electron chi connectivity index (χ4n) is 1.23. The molecule has 0 aliphatic carbocycles. The third-order valence-electron chi connectivity index (χ3n) is 2.20. The van der Waals surface area contributed by atoms with Crippen LogP contribution in [0.25, 0.3) is 0 Å². The molecule has 0 saturated heterocycles. The van der Waals surface area contributed by atoms with Crippen molar-refractivity contribution >= 4 is 5.91 Å². The molecule has 0 aromatic carbocycles. The lowest BCUT2D eigenvalue weighted by Crippen LogP contribution is -2.23. The summed E-state index contributed by atoms with van der Waals surface area (Å²) in [6.45, 7) is 3.96. The van der Waals surface area contributed by atoms with Crippen LogP contribution < -0.4 is 0 Å². The fraction of sp³-hybridized carbons (Fsp3) is 0.455. The third-order valence-corrected chi connectivity index (χ3v) is 2.20. The molecule has 0 aliphatic heterocycles. The van der Waals surface area contributed by atoms with E-state index in [4.69, 9.17) is 0 Å². The average molecular weight is 192 g/mol. The molecular weight excluding hydrogens is 176 g/mol. The molecule has 3 nitrogen and oxygen atoms in total. The molecule has 0 fully saturated rings. The monoisotopic (exact) mass is 192 g/mol. The number of likely N-dealkylation sites (N-methyl/N-ethyl adjacent to an activating group) is 1. The molecule has 1 aromatic rings.